The van der Waals surface area contributed by atoms with Crippen molar-refractivity contribution < 1.29 is 17.9 Å². The molecule has 0 radical (unpaired) electrons. The molecule has 3 rings (SSSR count). The van der Waals surface area contributed by atoms with E-state index in [2.05, 4.69) is 5.32 Å². The highest BCUT2D eigenvalue weighted by atomic mass is 32.2. The molecule has 2 fully saturated rings. The fraction of sp³-hybridized carbons (Fsp3) is 0.632. The number of amides is 1. The van der Waals surface area contributed by atoms with Gasteiger partial charge in [0.05, 0.1) is 6.61 Å². The fourth-order valence-corrected chi connectivity index (χ4v) is 5.25. The highest BCUT2D eigenvalue weighted by Gasteiger charge is 2.46. The molecule has 1 N–H and O–H groups in total. The Balaban J connectivity index is 1.44. The van der Waals surface area contributed by atoms with Gasteiger partial charge in [0.1, 0.15) is 5.75 Å². The van der Waals surface area contributed by atoms with Crippen LogP contribution in [0.1, 0.15) is 25.7 Å². The van der Waals surface area contributed by atoms with Gasteiger partial charge in [0.2, 0.25) is 5.91 Å². The van der Waals surface area contributed by atoms with Crippen molar-refractivity contribution >= 4 is 16.1 Å². The number of hydrogen-bond donors (Lipinski definition) is 1. The van der Waals surface area contributed by atoms with E-state index in [1.165, 1.54) is 4.31 Å². The van der Waals surface area contributed by atoms with E-state index in [4.69, 9.17) is 4.74 Å². The first-order valence-corrected chi connectivity index (χ1v) is 10.9. The number of benzene rings is 1. The lowest BCUT2D eigenvalue weighted by Crippen LogP contribution is -2.55. The maximum Gasteiger partial charge on any atom is 0.281 e. The van der Waals surface area contributed by atoms with Crippen LogP contribution in [0.5, 0.6) is 5.75 Å². The molecule has 3 atom stereocenters. The lowest BCUT2D eigenvalue weighted by Gasteiger charge is -2.38. The van der Waals surface area contributed by atoms with Crippen LogP contribution >= 0.6 is 0 Å². The van der Waals surface area contributed by atoms with Crippen molar-refractivity contribution in [2.24, 2.45) is 11.8 Å². The summed E-state index contributed by atoms with van der Waals surface area (Å²) in [6.45, 7) is 1.47. The van der Waals surface area contributed by atoms with Crippen LogP contribution in [0.2, 0.25) is 0 Å². The van der Waals surface area contributed by atoms with Crippen LogP contribution in [0.4, 0.5) is 0 Å². The number of fused-ring (bicyclic) bond motifs is 2. The minimum Gasteiger partial charge on any atom is -0.494 e. The van der Waals surface area contributed by atoms with Crippen LogP contribution in [-0.4, -0.2) is 62.8 Å². The van der Waals surface area contributed by atoms with Gasteiger partial charge in [-0.15, -0.1) is 0 Å². The third-order valence-electron chi connectivity index (χ3n) is 5.48. The van der Waals surface area contributed by atoms with Gasteiger partial charge in [0.15, 0.2) is 0 Å². The van der Waals surface area contributed by atoms with Gasteiger partial charge in [0, 0.05) is 39.6 Å². The first-order chi connectivity index (χ1) is 12.9. The molecule has 1 saturated carbocycles. The second-order valence-corrected chi connectivity index (χ2v) is 9.71. The van der Waals surface area contributed by atoms with Crippen LogP contribution in [0.15, 0.2) is 30.3 Å². The molecule has 7 nitrogen and oxygen atoms in total. The van der Waals surface area contributed by atoms with E-state index in [9.17, 15) is 13.2 Å². The van der Waals surface area contributed by atoms with Gasteiger partial charge in [-0.05, 0) is 43.2 Å². The zero-order chi connectivity index (χ0) is 19.4. The van der Waals surface area contributed by atoms with E-state index < -0.39 is 10.2 Å². The number of hydrogen-bond acceptors (Lipinski definition) is 4. The summed E-state index contributed by atoms with van der Waals surface area (Å²) in [6.07, 6.45) is 3.00. The summed E-state index contributed by atoms with van der Waals surface area (Å²) in [5.41, 5.74) is 0. The Hall–Kier alpha value is -1.64. The van der Waals surface area contributed by atoms with Crippen molar-refractivity contribution in [1.29, 1.82) is 0 Å². The molecule has 27 heavy (non-hydrogen) atoms. The zero-order valence-electron chi connectivity index (χ0n) is 16.0. The van der Waals surface area contributed by atoms with Gasteiger partial charge < -0.3 is 10.1 Å². The first kappa shape index (κ1) is 20.1. The lowest BCUT2D eigenvalue weighted by atomic mass is 9.93. The normalized spacial score (nSPS) is 25.5. The molecule has 1 unspecified atom stereocenters. The van der Waals surface area contributed by atoms with Gasteiger partial charge >= 0.3 is 0 Å². The molecule has 2 aliphatic rings. The summed E-state index contributed by atoms with van der Waals surface area (Å²) in [7, 11) is -0.268. The first-order valence-electron chi connectivity index (χ1n) is 9.52. The van der Waals surface area contributed by atoms with E-state index in [0.29, 0.717) is 32.5 Å². The van der Waals surface area contributed by atoms with Crippen molar-refractivity contribution in [3.8, 4) is 5.75 Å². The molecule has 1 amide bonds. The van der Waals surface area contributed by atoms with E-state index in [0.717, 1.165) is 18.6 Å². The molecular formula is C19H29N3O4S. The van der Waals surface area contributed by atoms with Crippen molar-refractivity contribution in [3.63, 3.8) is 0 Å². The molecule has 150 valence electrons. The Labute approximate surface area is 161 Å². The van der Waals surface area contributed by atoms with Crippen LogP contribution < -0.4 is 10.1 Å². The number of nitrogens with one attached hydrogen (secondary N) is 1. The smallest absolute Gasteiger partial charge is 0.281 e. The minimum absolute atomic E-state index is 0.0254. The summed E-state index contributed by atoms with van der Waals surface area (Å²) in [4.78, 5) is 12.3. The average molecular weight is 396 g/mol. The fourth-order valence-electron chi connectivity index (χ4n) is 4.03. The van der Waals surface area contributed by atoms with Crippen LogP contribution in [0, 0.1) is 11.8 Å². The van der Waals surface area contributed by atoms with E-state index in [1.807, 2.05) is 30.3 Å². The molecule has 1 aliphatic heterocycles. The third-order valence-corrected chi connectivity index (χ3v) is 7.35. The number of rotatable bonds is 8. The molecule has 1 heterocycles. The molecule has 8 heteroatoms. The monoisotopic (exact) mass is 395 g/mol. The molecule has 1 saturated heterocycles. The number of ether oxygens (including phenoxy) is 1. The molecule has 0 aromatic heterocycles. The van der Waals surface area contributed by atoms with Crippen LogP contribution in [0.3, 0.4) is 0 Å². The van der Waals surface area contributed by atoms with Gasteiger partial charge in [-0.1, -0.05) is 18.2 Å². The van der Waals surface area contributed by atoms with Crippen molar-refractivity contribution in [3.05, 3.63) is 30.3 Å². The lowest BCUT2D eigenvalue weighted by molar-refractivity contribution is -0.122. The Bertz CT molecular complexity index is 725. The third kappa shape index (κ3) is 4.80. The number of piperidine rings is 1. The zero-order valence-corrected chi connectivity index (χ0v) is 16.8. The maximum atomic E-state index is 12.4. The van der Waals surface area contributed by atoms with E-state index in [1.54, 1.807) is 18.4 Å². The van der Waals surface area contributed by atoms with Crippen LogP contribution in [-0.2, 0) is 15.0 Å². The quantitative estimate of drug-likeness (QED) is 0.676. The number of para-hydroxylation sites is 1. The maximum absolute atomic E-state index is 12.4. The molecule has 0 spiro atoms. The predicted octanol–water partition coefficient (Wildman–Crippen LogP) is 1.48. The molecule has 1 aromatic rings. The molecular weight excluding hydrogens is 366 g/mol. The standard InChI is InChI=1S/C19H29N3O4S/c1-21(2)27(24,25)22-13-15-10-11-16(14-22)19(15)20-18(23)9-6-12-26-17-7-4-3-5-8-17/h3-5,7-8,15-16,19H,6,9-14H2,1-2H3,(H,20,23)/t15-,16+,19?. The Morgan fingerprint density at radius 1 is 1.19 bits per heavy atom. The largest absolute Gasteiger partial charge is 0.494 e. The summed E-state index contributed by atoms with van der Waals surface area (Å²) in [5.74, 6) is 1.23. The molecule has 1 aromatic carbocycles. The van der Waals surface area contributed by atoms with Gasteiger partial charge in [-0.2, -0.15) is 17.0 Å². The van der Waals surface area contributed by atoms with Crippen molar-refractivity contribution in [1.82, 2.24) is 13.9 Å². The topological polar surface area (TPSA) is 79.0 Å². The second-order valence-electron chi connectivity index (χ2n) is 7.56. The number of carbonyl (C=O) groups is 1. The van der Waals surface area contributed by atoms with Crippen molar-refractivity contribution in [2.75, 3.05) is 33.8 Å². The summed E-state index contributed by atoms with van der Waals surface area (Å²) in [5, 5.41) is 3.15. The van der Waals surface area contributed by atoms with Gasteiger partial charge in [-0.25, -0.2) is 0 Å². The second kappa shape index (κ2) is 8.58. The van der Waals surface area contributed by atoms with Crippen molar-refractivity contribution in [2.45, 2.75) is 31.7 Å². The van der Waals surface area contributed by atoms with Gasteiger partial charge in [-0.3, -0.25) is 4.79 Å². The Morgan fingerprint density at radius 3 is 2.41 bits per heavy atom. The van der Waals surface area contributed by atoms with E-state index in [-0.39, 0.29) is 23.8 Å². The Morgan fingerprint density at radius 2 is 1.81 bits per heavy atom. The molecule has 1 aliphatic carbocycles. The Kier molecular flexibility index (Phi) is 6.39. The number of nitrogens with zero attached hydrogens (tertiary/aromatic N) is 2. The van der Waals surface area contributed by atoms with E-state index >= 15 is 0 Å². The van der Waals surface area contributed by atoms with Gasteiger partial charge in [0.25, 0.3) is 10.2 Å². The highest BCUT2D eigenvalue weighted by molar-refractivity contribution is 7.86. The summed E-state index contributed by atoms with van der Waals surface area (Å²) >= 11 is 0. The minimum atomic E-state index is -3.38. The highest BCUT2D eigenvalue weighted by Crippen LogP contribution is 2.38. The summed E-state index contributed by atoms with van der Waals surface area (Å²) in [6, 6.07) is 9.65. The average Bonchev–Trinajstić information content (AvgIpc) is 2.87. The van der Waals surface area contributed by atoms with Crippen LogP contribution in [0.25, 0.3) is 0 Å². The number of carbonyl (C=O) groups excluding carboxylic acids is 1. The summed E-state index contributed by atoms with van der Waals surface area (Å²) < 4.78 is 33.2. The predicted molar refractivity (Wildman–Crippen MR) is 103 cm³/mol. The molecule has 2 bridgehead atoms. The SMILES string of the molecule is CN(C)S(=O)(=O)N1C[C@H]2CC[C@@H](C1)C2NC(=O)CCCOc1ccccc1.